The summed E-state index contributed by atoms with van der Waals surface area (Å²) in [6, 6.07) is 69.5. The van der Waals surface area contributed by atoms with Crippen LogP contribution in [-0.4, -0.2) is 16.9 Å². The molecule has 0 saturated heterocycles. The maximum absolute atomic E-state index is 2.56. The minimum atomic E-state index is -1.48. The number of aromatic nitrogens is 2. The molecule has 5 heteroatoms. The van der Waals surface area contributed by atoms with Gasteiger partial charge in [0, 0.05) is 77.2 Å². The zero-order valence-corrected chi connectivity index (χ0v) is 41.8. The average molecular weight is 909 g/mol. The van der Waals surface area contributed by atoms with Crippen LogP contribution in [0, 0.1) is 6.92 Å². The Kier molecular flexibility index (Phi) is 9.16. The predicted octanol–water partition coefficient (Wildman–Crippen LogP) is 18.0. The van der Waals surface area contributed by atoms with Crippen LogP contribution in [-0.2, 0) is 0 Å². The molecular weight excluding hydrogens is 853 g/mol. The van der Waals surface area contributed by atoms with Crippen molar-refractivity contribution < 1.29 is 0 Å². The van der Waals surface area contributed by atoms with Gasteiger partial charge < -0.3 is 18.6 Å². The number of aryl methyl sites for hydroxylation is 1. The molecule has 13 rings (SSSR count). The number of rotatable bonds is 9. The van der Waals surface area contributed by atoms with Gasteiger partial charge >= 0.3 is 0 Å². The van der Waals surface area contributed by atoms with E-state index in [-0.39, 0.29) is 0 Å². The molecular formula is C64H56N4Si. The molecule has 0 N–H and O–H groups in total. The number of hydrogen-bond donors (Lipinski definition) is 0. The monoisotopic (exact) mass is 908 g/mol. The Labute approximate surface area is 404 Å². The summed E-state index contributed by atoms with van der Waals surface area (Å²) in [7, 11) is -1.48. The Morgan fingerprint density at radius 2 is 0.681 bits per heavy atom. The summed E-state index contributed by atoms with van der Waals surface area (Å²) in [4.78, 5) is 4.85. The van der Waals surface area contributed by atoms with E-state index in [0.29, 0.717) is 11.8 Å². The zero-order chi connectivity index (χ0) is 47.0. The first-order chi connectivity index (χ1) is 33.4. The van der Waals surface area contributed by atoms with Crippen LogP contribution in [0.2, 0.25) is 19.6 Å². The van der Waals surface area contributed by atoms with Crippen LogP contribution in [0.1, 0.15) is 56.2 Å². The molecule has 0 aliphatic rings. The lowest BCUT2D eigenvalue weighted by atomic mass is 10.0. The van der Waals surface area contributed by atoms with Crippen LogP contribution in [0.5, 0.6) is 0 Å². The van der Waals surface area contributed by atoms with Crippen molar-refractivity contribution in [3.8, 4) is 0 Å². The molecule has 336 valence electrons. The molecule has 4 nitrogen and oxygen atoms in total. The largest absolute Gasteiger partial charge is 0.310 e. The first-order valence-corrected chi connectivity index (χ1v) is 28.2. The van der Waals surface area contributed by atoms with Gasteiger partial charge in [0.1, 0.15) is 0 Å². The number of nitrogens with zero attached hydrogens (tertiary/aromatic N) is 4. The number of hydrogen-bond acceptors (Lipinski definition) is 2. The smallest absolute Gasteiger partial charge is 0.0775 e. The molecule has 0 aliphatic carbocycles. The van der Waals surface area contributed by atoms with Crippen molar-refractivity contribution in [2.45, 2.75) is 66.1 Å². The summed E-state index contributed by atoms with van der Waals surface area (Å²) < 4.78 is 5.11. The molecule has 0 fully saturated rings. The van der Waals surface area contributed by atoms with Crippen LogP contribution in [0.15, 0.2) is 182 Å². The molecule has 4 heterocycles. The van der Waals surface area contributed by atoms with Crippen LogP contribution in [0.4, 0.5) is 34.1 Å². The molecule has 0 unspecified atom stereocenters. The van der Waals surface area contributed by atoms with E-state index in [1.807, 2.05) is 0 Å². The van der Waals surface area contributed by atoms with Gasteiger partial charge in [-0.25, -0.2) is 0 Å². The standard InChI is InChI=1S/C64H56N4Si/c1-39(2)42-17-23-45(24-18-42)65(44-21-15-41(5)16-22-44)48-29-33-51-53-11-9-13-55-57-38-62-58(37-61(57)67(63(53)55)59(51)35-48)56-14-10-12-54-52-34-30-49(36-60(52)68(62)64(54)56)66(46-25-19-43(20-26-46)40(3)4)47-27-31-50(32-28-47)69(6,7)8/h9-40H,1-8H3. The normalized spacial score (nSPS) is 12.6. The Balaban J connectivity index is 1.03. The average Bonchev–Trinajstić information content (AvgIpc) is 4.08. The summed E-state index contributed by atoms with van der Waals surface area (Å²) >= 11 is 0. The number of benzene rings is 9. The van der Waals surface area contributed by atoms with E-state index in [1.165, 1.54) is 104 Å². The molecule has 0 spiro atoms. The molecule has 13 aromatic rings. The van der Waals surface area contributed by atoms with Crippen LogP contribution in [0.3, 0.4) is 0 Å². The zero-order valence-electron chi connectivity index (χ0n) is 40.8. The molecule has 0 bridgehead atoms. The van der Waals surface area contributed by atoms with Crippen molar-refractivity contribution in [3.05, 3.63) is 199 Å². The second-order valence-electron chi connectivity index (χ2n) is 21.2. The second kappa shape index (κ2) is 15.2. The molecule has 0 amide bonds. The van der Waals surface area contributed by atoms with Crippen molar-refractivity contribution in [3.63, 3.8) is 0 Å². The summed E-state index contributed by atoms with van der Waals surface area (Å²) in [5, 5.41) is 11.7. The van der Waals surface area contributed by atoms with Gasteiger partial charge in [-0.2, -0.15) is 0 Å². The molecule has 4 aromatic heterocycles. The van der Waals surface area contributed by atoms with Gasteiger partial charge in [0.25, 0.3) is 0 Å². The molecule has 0 saturated carbocycles. The highest BCUT2D eigenvalue weighted by Gasteiger charge is 2.25. The SMILES string of the molecule is Cc1ccc(N(c2ccc(C(C)C)cc2)c2ccc3c4cccc5c6cc7c(cc6n(c3c2)c45)c2cccc3c4ccc(N(c5ccc(C(C)C)cc5)c5ccc([Si](C)(C)C)cc5)cc4n7c32)cc1. The number of para-hydroxylation sites is 2. The predicted molar refractivity (Wildman–Crippen MR) is 301 cm³/mol. The molecule has 69 heavy (non-hydrogen) atoms. The molecule has 0 atom stereocenters. The maximum atomic E-state index is 2.56. The van der Waals surface area contributed by atoms with Gasteiger partial charge in [0.05, 0.1) is 41.2 Å². The molecule has 0 radical (unpaired) electrons. The lowest BCUT2D eigenvalue weighted by molar-refractivity contribution is 0.866. The van der Waals surface area contributed by atoms with E-state index >= 15 is 0 Å². The van der Waals surface area contributed by atoms with Crippen LogP contribution in [0.25, 0.3) is 76.2 Å². The van der Waals surface area contributed by atoms with Gasteiger partial charge in [-0.1, -0.05) is 155 Å². The Morgan fingerprint density at radius 1 is 0.348 bits per heavy atom. The van der Waals surface area contributed by atoms with Gasteiger partial charge in [-0.15, -0.1) is 0 Å². The number of fused-ring (bicyclic) bond motifs is 12. The highest BCUT2D eigenvalue weighted by Crippen LogP contribution is 2.47. The van der Waals surface area contributed by atoms with Gasteiger partial charge in [0.15, 0.2) is 0 Å². The van der Waals surface area contributed by atoms with Crippen molar-refractivity contribution in [1.82, 2.24) is 8.80 Å². The Hall–Kier alpha value is -7.60. The summed E-state index contributed by atoms with van der Waals surface area (Å²) in [5.41, 5.74) is 18.3. The Bertz CT molecular complexity index is 4090. The van der Waals surface area contributed by atoms with Gasteiger partial charge in [0.2, 0.25) is 0 Å². The minimum Gasteiger partial charge on any atom is -0.310 e. The maximum Gasteiger partial charge on any atom is 0.0775 e. The quantitative estimate of drug-likeness (QED) is 0.134. The molecule has 9 aromatic carbocycles. The van der Waals surface area contributed by atoms with Crippen molar-refractivity contribution in [2.75, 3.05) is 9.80 Å². The minimum absolute atomic E-state index is 0.465. The van der Waals surface area contributed by atoms with E-state index in [4.69, 9.17) is 0 Å². The van der Waals surface area contributed by atoms with Gasteiger partial charge in [-0.3, -0.25) is 0 Å². The summed E-state index contributed by atoms with van der Waals surface area (Å²) in [6.45, 7) is 18.5. The van der Waals surface area contributed by atoms with E-state index < -0.39 is 8.07 Å². The van der Waals surface area contributed by atoms with Gasteiger partial charge in [-0.05, 0) is 115 Å². The highest BCUT2D eigenvalue weighted by atomic mass is 28.3. The lowest BCUT2D eigenvalue weighted by Gasteiger charge is -2.27. The van der Waals surface area contributed by atoms with Crippen LogP contribution < -0.4 is 15.0 Å². The topological polar surface area (TPSA) is 15.3 Å². The van der Waals surface area contributed by atoms with Crippen molar-refractivity contribution in [2.24, 2.45) is 0 Å². The number of anilines is 6. The summed E-state index contributed by atoms with van der Waals surface area (Å²) in [6.07, 6.45) is 0. The van der Waals surface area contributed by atoms with E-state index in [0.717, 1.165) is 28.4 Å². The first kappa shape index (κ1) is 41.6. The summed E-state index contributed by atoms with van der Waals surface area (Å²) in [5.74, 6) is 0.932. The molecule has 0 aliphatic heterocycles. The van der Waals surface area contributed by atoms with Crippen molar-refractivity contribution in [1.29, 1.82) is 0 Å². The van der Waals surface area contributed by atoms with E-state index in [1.54, 1.807) is 0 Å². The highest BCUT2D eigenvalue weighted by molar-refractivity contribution is 6.88. The third-order valence-electron chi connectivity index (χ3n) is 15.2. The fraction of sp³-hybridized carbons (Fsp3) is 0.156. The first-order valence-electron chi connectivity index (χ1n) is 24.7. The lowest BCUT2D eigenvalue weighted by Crippen LogP contribution is -2.37. The second-order valence-corrected chi connectivity index (χ2v) is 26.2. The van der Waals surface area contributed by atoms with E-state index in [2.05, 4.69) is 255 Å². The third-order valence-corrected chi connectivity index (χ3v) is 17.2. The van der Waals surface area contributed by atoms with E-state index in [9.17, 15) is 0 Å². The van der Waals surface area contributed by atoms with Crippen molar-refractivity contribution >= 4 is 124 Å². The Morgan fingerprint density at radius 3 is 1.06 bits per heavy atom. The fourth-order valence-corrected chi connectivity index (χ4v) is 12.6. The fourth-order valence-electron chi connectivity index (χ4n) is 11.4. The third kappa shape index (κ3) is 6.33. The van der Waals surface area contributed by atoms with Crippen LogP contribution >= 0.6 is 0 Å².